The SMILES string of the molecule is CCc1ccccc1NC(=O)Cn1ccc2ccn(Cc3cccc(F)c3)c2c1=O. The van der Waals surface area contributed by atoms with Crippen LogP contribution in [0.1, 0.15) is 18.1 Å². The van der Waals surface area contributed by atoms with Crippen molar-refractivity contribution in [3.63, 3.8) is 0 Å². The highest BCUT2D eigenvalue weighted by Gasteiger charge is 2.12. The first-order valence-corrected chi connectivity index (χ1v) is 9.85. The van der Waals surface area contributed by atoms with Gasteiger partial charge in [-0.15, -0.1) is 0 Å². The first-order chi connectivity index (χ1) is 14.5. The molecule has 2 aromatic heterocycles. The van der Waals surface area contributed by atoms with Crippen molar-refractivity contribution in [1.29, 1.82) is 0 Å². The van der Waals surface area contributed by atoms with Gasteiger partial charge in [0.15, 0.2) is 0 Å². The number of carbonyl (C=O) groups is 1. The lowest BCUT2D eigenvalue weighted by Gasteiger charge is -2.11. The molecule has 0 saturated heterocycles. The van der Waals surface area contributed by atoms with Crippen LogP contribution in [0, 0.1) is 5.82 Å². The molecule has 6 heteroatoms. The average Bonchev–Trinajstić information content (AvgIpc) is 3.14. The molecule has 0 aliphatic heterocycles. The zero-order chi connectivity index (χ0) is 21.1. The fraction of sp³-hybridized carbons (Fsp3) is 0.167. The van der Waals surface area contributed by atoms with E-state index >= 15 is 0 Å². The molecule has 0 saturated carbocycles. The van der Waals surface area contributed by atoms with Gasteiger partial charge in [-0.25, -0.2) is 4.39 Å². The average molecular weight is 403 g/mol. The molecule has 2 heterocycles. The lowest BCUT2D eigenvalue weighted by molar-refractivity contribution is -0.116. The fourth-order valence-corrected chi connectivity index (χ4v) is 3.63. The molecule has 0 radical (unpaired) electrons. The Morgan fingerprint density at radius 2 is 1.77 bits per heavy atom. The molecular formula is C24H22FN3O2. The highest BCUT2D eigenvalue weighted by Crippen LogP contribution is 2.16. The van der Waals surface area contributed by atoms with E-state index in [1.807, 2.05) is 49.4 Å². The van der Waals surface area contributed by atoms with E-state index in [1.165, 1.54) is 16.7 Å². The van der Waals surface area contributed by atoms with Gasteiger partial charge in [0.2, 0.25) is 5.91 Å². The molecule has 0 bridgehead atoms. The second-order valence-electron chi connectivity index (χ2n) is 7.19. The number of nitrogens with zero attached hydrogens (tertiary/aromatic N) is 2. The fourth-order valence-electron chi connectivity index (χ4n) is 3.63. The Morgan fingerprint density at radius 1 is 1.00 bits per heavy atom. The summed E-state index contributed by atoms with van der Waals surface area (Å²) < 4.78 is 16.7. The predicted molar refractivity (Wildman–Crippen MR) is 116 cm³/mol. The number of hydrogen-bond acceptors (Lipinski definition) is 2. The number of nitrogens with one attached hydrogen (secondary N) is 1. The van der Waals surface area contributed by atoms with E-state index in [0.29, 0.717) is 12.1 Å². The number of hydrogen-bond donors (Lipinski definition) is 1. The van der Waals surface area contributed by atoms with E-state index in [1.54, 1.807) is 23.0 Å². The Labute approximate surface area is 173 Å². The molecule has 30 heavy (non-hydrogen) atoms. The summed E-state index contributed by atoms with van der Waals surface area (Å²) >= 11 is 0. The Bertz CT molecular complexity index is 1270. The lowest BCUT2D eigenvalue weighted by Crippen LogP contribution is -2.28. The van der Waals surface area contributed by atoms with Gasteiger partial charge in [0.1, 0.15) is 17.9 Å². The largest absolute Gasteiger partial charge is 0.339 e. The van der Waals surface area contributed by atoms with Gasteiger partial charge >= 0.3 is 0 Å². The normalized spacial score (nSPS) is 11.0. The van der Waals surface area contributed by atoms with Crippen molar-refractivity contribution in [2.45, 2.75) is 26.4 Å². The smallest absolute Gasteiger partial charge is 0.275 e. The summed E-state index contributed by atoms with van der Waals surface area (Å²) in [4.78, 5) is 25.6. The minimum absolute atomic E-state index is 0.0854. The maximum Gasteiger partial charge on any atom is 0.275 e. The third-order valence-electron chi connectivity index (χ3n) is 5.12. The van der Waals surface area contributed by atoms with Crippen molar-refractivity contribution in [3.8, 4) is 0 Å². The number of benzene rings is 2. The van der Waals surface area contributed by atoms with Crippen LogP contribution in [0.25, 0.3) is 10.9 Å². The first kappa shape index (κ1) is 19.6. The maximum atomic E-state index is 13.5. The predicted octanol–water partition coefficient (Wildman–Crippen LogP) is 4.19. The highest BCUT2D eigenvalue weighted by atomic mass is 19.1. The van der Waals surface area contributed by atoms with E-state index in [-0.39, 0.29) is 23.8 Å². The van der Waals surface area contributed by atoms with Gasteiger partial charge in [0.05, 0.1) is 0 Å². The van der Waals surface area contributed by atoms with Crippen LogP contribution in [-0.2, 0) is 24.3 Å². The number of anilines is 1. The van der Waals surface area contributed by atoms with Crippen LogP contribution in [-0.4, -0.2) is 15.0 Å². The van der Waals surface area contributed by atoms with Gasteiger partial charge in [0, 0.05) is 30.0 Å². The van der Waals surface area contributed by atoms with E-state index in [0.717, 1.165) is 28.6 Å². The minimum atomic E-state index is -0.314. The standard InChI is InChI=1S/C24H22FN3O2/c1-2-18-7-3-4-9-21(18)26-22(29)16-28-13-11-19-10-12-27(23(19)24(28)30)15-17-6-5-8-20(25)14-17/h3-14H,2,15-16H2,1H3,(H,26,29). The number of aromatic nitrogens is 2. The monoisotopic (exact) mass is 403 g/mol. The van der Waals surface area contributed by atoms with Gasteiger partial charge in [-0.1, -0.05) is 37.3 Å². The Morgan fingerprint density at radius 3 is 2.53 bits per heavy atom. The van der Waals surface area contributed by atoms with E-state index in [9.17, 15) is 14.0 Å². The van der Waals surface area contributed by atoms with Crippen molar-refractivity contribution in [2.75, 3.05) is 5.32 Å². The number of rotatable bonds is 6. The van der Waals surface area contributed by atoms with Crippen LogP contribution >= 0.6 is 0 Å². The summed E-state index contributed by atoms with van der Waals surface area (Å²) in [5.74, 6) is -0.578. The summed E-state index contributed by atoms with van der Waals surface area (Å²) in [5.41, 5.74) is 2.79. The van der Waals surface area contributed by atoms with Crippen LogP contribution in [0.2, 0.25) is 0 Å². The van der Waals surface area contributed by atoms with Crippen LogP contribution < -0.4 is 10.9 Å². The zero-order valence-corrected chi connectivity index (χ0v) is 16.6. The summed E-state index contributed by atoms with van der Waals surface area (Å²) in [7, 11) is 0. The number of carbonyl (C=O) groups excluding carboxylic acids is 1. The lowest BCUT2D eigenvalue weighted by atomic mass is 10.1. The van der Waals surface area contributed by atoms with Gasteiger partial charge < -0.3 is 14.5 Å². The molecule has 5 nitrogen and oxygen atoms in total. The van der Waals surface area contributed by atoms with Gasteiger partial charge in [-0.3, -0.25) is 9.59 Å². The highest BCUT2D eigenvalue weighted by molar-refractivity contribution is 5.91. The number of pyridine rings is 1. The molecule has 4 aromatic rings. The second-order valence-corrected chi connectivity index (χ2v) is 7.19. The van der Waals surface area contributed by atoms with Crippen LogP contribution in [0.15, 0.2) is 77.9 Å². The quantitative estimate of drug-likeness (QED) is 0.525. The van der Waals surface area contributed by atoms with Gasteiger partial charge in [0.25, 0.3) is 5.56 Å². The van der Waals surface area contributed by atoms with Crippen LogP contribution in [0.4, 0.5) is 10.1 Å². The van der Waals surface area contributed by atoms with E-state index in [4.69, 9.17) is 0 Å². The number of aryl methyl sites for hydroxylation is 1. The van der Waals surface area contributed by atoms with Crippen molar-refractivity contribution in [2.24, 2.45) is 0 Å². The molecule has 0 aliphatic carbocycles. The van der Waals surface area contributed by atoms with Crippen LogP contribution in [0.3, 0.4) is 0 Å². The number of para-hydroxylation sites is 1. The van der Waals surface area contributed by atoms with Gasteiger partial charge in [-0.05, 0) is 47.9 Å². The maximum absolute atomic E-state index is 13.5. The summed E-state index contributed by atoms with van der Waals surface area (Å²) in [6, 6.07) is 17.6. The number of fused-ring (bicyclic) bond motifs is 1. The molecule has 152 valence electrons. The third kappa shape index (κ3) is 4.03. The summed E-state index contributed by atoms with van der Waals surface area (Å²) in [5, 5.41) is 3.67. The molecule has 0 spiro atoms. The third-order valence-corrected chi connectivity index (χ3v) is 5.12. The molecule has 4 rings (SSSR count). The number of amides is 1. The zero-order valence-electron chi connectivity index (χ0n) is 16.6. The van der Waals surface area contributed by atoms with Crippen LogP contribution in [0.5, 0.6) is 0 Å². The molecular weight excluding hydrogens is 381 g/mol. The summed E-state index contributed by atoms with van der Waals surface area (Å²) in [6.07, 6.45) is 4.23. The minimum Gasteiger partial charge on any atom is -0.339 e. The molecule has 0 fully saturated rings. The van der Waals surface area contributed by atoms with Crippen molar-refractivity contribution in [1.82, 2.24) is 9.13 Å². The first-order valence-electron chi connectivity index (χ1n) is 9.85. The Hall–Kier alpha value is -3.67. The van der Waals surface area contributed by atoms with Gasteiger partial charge in [-0.2, -0.15) is 0 Å². The number of halogens is 1. The van der Waals surface area contributed by atoms with E-state index < -0.39 is 0 Å². The van der Waals surface area contributed by atoms with Crippen molar-refractivity contribution >= 4 is 22.5 Å². The second kappa shape index (κ2) is 8.37. The molecule has 0 unspecified atom stereocenters. The Balaban J connectivity index is 1.60. The molecule has 2 aromatic carbocycles. The molecule has 1 amide bonds. The van der Waals surface area contributed by atoms with E-state index in [2.05, 4.69) is 5.32 Å². The summed E-state index contributed by atoms with van der Waals surface area (Å²) in [6.45, 7) is 2.31. The molecule has 1 N–H and O–H groups in total. The topological polar surface area (TPSA) is 56.0 Å². The van der Waals surface area contributed by atoms with Crippen molar-refractivity contribution < 1.29 is 9.18 Å². The molecule has 0 aliphatic rings. The van der Waals surface area contributed by atoms with Crippen molar-refractivity contribution in [3.05, 3.63) is 100 Å². The molecule has 0 atom stereocenters. The Kier molecular flexibility index (Phi) is 5.48.